The van der Waals surface area contributed by atoms with Crippen LogP contribution in [-0.4, -0.2) is 69.5 Å². The Bertz CT molecular complexity index is 2300. The largest absolute Gasteiger partial charge is 0.458 e. The minimum atomic E-state index is 0. The molecule has 0 fully saturated rings. The summed E-state index contributed by atoms with van der Waals surface area (Å²) < 4.78 is 18.5. The Kier molecular flexibility index (Phi) is 8.97. The molecule has 2 aromatic carbocycles. The van der Waals surface area contributed by atoms with Crippen LogP contribution in [0.1, 0.15) is 23.8 Å². The van der Waals surface area contributed by atoms with Gasteiger partial charge < -0.3 is 15.2 Å². The standard InChI is InChI=1S/C15H14N8O.C14H13N7OS.CH4/c1-22-14(19-20-21-22)23-12-7-3-2-6-11(12)18-15(23)24-9-10-5-4-8-13(16)17-10;1-9-15-10(8-23-9)7-22-14-16-11-5-3-4-6-12(11)21(14)13-17-18-19-20(13)2;/h2-8H,9H2,1H3,(H2,16,17);3-6,8H,7H2,1-2H3;1H4. The van der Waals surface area contributed by atoms with Crippen LogP contribution in [0.3, 0.4) is 0 Å². The number of tetrazole rings is 2. The van der Waals surface area contributed by atoms with Crippen LogP contribution < -0.4 is 15.2 Å². The lowest BCUT2D eigenvalue weighted by molar-refractivity contribution is 0.272. The average molecular weight is 666 g/mol. The summed E-state index contributed by atoms with van der Waals surface area (Å²) in [5, 5.41) is 26.2. The molecule has 0 radical (unpaired) electrons. The van der Waals surface area contributed by atoms with Crippen LogP contribution in [0, 0.1) is 6.92 Å². The Morgan fingerprint density at radius 1 is 0.667 bits per heavy atom. The zero-order valence-corrected chi connectivity index (χ0v) is 26.2. The van der Waals surface area contributed by atoms with Gasteiger partial charge in [-0.1, -0.05) is 48.0 Å². The number of rotatable bonds is 8. The fraction of sp³-hybridized carbons (Fsp3) is 0.200. The molecule has 0 bridgehead atoms. The number of aromatic nitrogens is 14. The molecule has 244 valence electrons. The molecule has 0 saturated carbocycles. The predicted octanol–water partition coefficient (Wildman–Crippen LogP) is 3.63. The quantitative estimate of drug-likeness (QED) is 0.247. The lowest BCUT2D eigenvalue weighted by atomic mass is 10.3. The van der Waals surface area contributed by atoms with Crippen LogP contribution in [0.25, 0.3) is 34.0 Å². The van der Waals surface area contributed by atoms with Crippen LogP contribution >= 0.6 is 11.3 Å². The van der Waals surface area contributed by atoms with Gasteiger partial charge in [0.1, 0.15) is 19.0 Å². The molecule has 0 spiro atoms. The van der Waals surface area contributed by atoms with E-state index in [1.165, 1.54) is 0 Å². The third-order valence-electron chi connectivity index (χ3n) is 6.85. The molecule has 6 heterocycles. The van der Waals surface area contributed by atoms with Gasteiger partial charge in [0.05, 0.1) is 38.5 Å². The summed E-state index contributed by atoms with van der Waals surface area (Å²) in [5.74, 6) is 1.50. The highest BCUT2D eigenvalue weighted by Crippen LogP contribution is 2.26. The number of thiazole rings is 1. The molecule has 18 heteroatoms. The van der Waals surface area contributed by atoms with Gasteiger partial charge in [0.25, 0.3) is 11.9 Å². The number of hydrogen-bond acceptors (Lipinski definition) is 14. The molecule has 6 aromatic heterocycles. The average Bonchev–Trinajstić information content (AvgIpc) is 3.90. The molecular weight excluding hydrogens is 634 g/mol. The van der Waals surface area contributed by atoms with Crippen molar-refractivity contribution in [3.8, 4) is 23.9 Å². The second-order valence-corrected chi connectivity index (χ2v) is 11.2. The summed E-state index contributed by atoms with van der Waals surface area (Å²) >= 11 is 1.59. The first-order valence-electron chi connectivity index (χ1n) is 14.2. The topological polar surface area (TPSA) is 193 Å². The van der Waals surface area contributed by atoms with Crippen LogP contribution in [0.5, 0.6) is 12.0 Å². The molecule has 48 heavy (non-hydrogen) atoms. The van der Waals surface area contributed by atoms with Crippen LogP contribution in [-0.2, 0) is 27.3 Å². The first-order valence-corrected chi connectivity index (χ1v) is 15.1. The number of nitrogens with zero attached hydrogens (tertiary/aromatic N) is 14. The summed E-state index contributed by atoms with van der Waals surface area (Å²) in [4.78, 5) is 17.7. The Morgan fingerprint density at radius 2 is 1.21 bits per heavy atom. The van der Waals surface area contributed by atoms with Crippen molar-refractivity contribution in [3.05, 3.63) is 88.5 Å². The highest BCUT2D eigenvalue weighted by atomic mass is 32.1. The van der Waals surface area contributed by atoms with E-state index in [0.717, 1.165) is 32.8 Å². The van der Waals surface area contributed by atoms with Crippen molar-refractivity contribution in [2.75, 3.05) is 5.73 Å². The smallest absolute Gasteiger partial charge is 0.305 e. The second-order valence-electron chi connectivity index (χ2n) is 10.1. The monoisotopic (exact) mass is 665 g/mol. The normalized spacial score (nSPS) is 10.9. The number of imidazole rings is 2. The molecule has 0 saturated heterocycles. The van der Waals surface area contributed by atoms with E-state index in [4.69, 9.17) is 15.2 Å². The number of fused-ring (bicyclic) bond motifs is 2. The number of pyridine rings is 1. The Hall–Kier alpha value is -6.30. The fourth-order valence-corrected chi connectivity index (χ4v) is 5.34. The summed E-state index contributed by atoms with van der Waals surface area (Å²) in [6.45, 7) is 2.55. The zero-order chi connectivity index (χ0) is 32.3. The predicted molar refractivity (Wildman–Crippen MR) is 178 cm³/mol. The van der Waals surface area contributed by atoms with E-state index in [2.05, 4.69) is 51.0 Å². The lowest BCUT2D eigenvalue weighted by Gasteiger charge is -2.08. The molecule has 2 N–H and O–H groups in total. The van der Waals surface area contributed by atoms with Crippen molar-refractivity contribution in [3.63, 3.8) is 0 Å². The van der Waals surface area contributed by atoms with Gasteiger partial charge >= 0.3 is 12.0 Å². The van der Waals surface area contributed by atoms with E-state index in [9.17, 15) is 0 Å². The summed E-state index contributed by atoms with van der Waals surface area (Å²) in [6, 6.07) is 21.7. The van der Waals surface area contributed by atoms with Crippen molar-refractivity contribution >= 4 is 39.2 Å². The van der Waals surface area contributed by atoms with E-state index in [1.54, 1.807) is 50.0 Å². The number of nitrogen functional groups attached to an aromatic ring is 1. The first kappa shape index (κ1) is 31.7. The van der Waals surface area contributed by atoms with Gasteiger partial charge in [0.15, 0.2) is 0 Å². The number of nitrogens with two attached hydrogens (primary N) is 1. The molecular formula is C30H31N15O2S. The third-order valence-corrected chi connectivity index (χ3v) is 7.67. The summed E-state index contributed by atoms with van der Waals surface area (Å²) in [6.07, 6.45) is 0. The van der Waals surface area contributed by atoms with Gasteiger partial charge in [-0.2, -0.15) is 9.97 Å². The molecule has 8 rings (SSSR count). The van der Waals surface area contributed by atoms with Gasteiger partial charge in [-0.05, 0) is 64.2 Å². The molecule has 0 aliphatic carbocycles. The molecule has 0 amide bonds. The minimum Gasteiger partial charge on any atom is -0.458 e. The maximum absolute atomic E-state index is 5.89. The number of aryl methyl sites for hydroxylation is 3. The fourth-order valence-electron chi connectivity index (χ4n) is 4.75. The Labute approximate surface area is 277 Å². The third kappa shape index (κ3) is 6.36. The molecule has 0 atom stereocenters. The van der Waals surface area contributed by atoms with Crippen LogP contribution in [0.4, 0.5) is 5.82 Å². The van der Waals surface area contributed by atoms with E-state index in [1.807, 2.05) is 73.0 Å². The highest BCUT2D eigenvalue weighted by molar-refractivity contribution is 7.09. The van der Waals surface area contributed by atoms with E-state index in [-0.39, 0.29) is 14.0 Å². The second kappa shape index (κ2) is 13.6. The SMILES string of the molecule is C.Cc1nc(COc2nc3ccccc3n2-c2nnnn2C)cs1.Cn1nnnc1-n1c(OCc2cccc(N)n2)nc2ccccc21. The van der Waals surface area contributed by atoms with Gasteiger partial charge in [0.2, 0.25) is 0 Å². The van der Waals surface area contributed by atoms with E-state index in [0.29, 0.717) is 42.0 Å². The van der Waals surface area contributed by atoms with Crippen LogP contribution in [0.2, 0.25) is 0 Å². The number of hydrogen-bond donors (Lipinski definition) is 1. The number of ether oxygens (including phenoxy) is 2. The molecule has 17 nitrogen and oxygen atoms in total. The maximum atomic E-state index is 5.89. The molecule has 0 aliphatic rings. The maximum Gasteiger partial charge on any atom is 0.305 e. The van der Waals surface area contributed by atoms with Crippen molar-refractivity contribution in [1.29, 1.82) is 0 Å². The molecule has 0 aliphatic heterocycles. The van der Waals surface area contributed by atoms with E-state index < -0.39 is 0 Å². The first-order chi connectivity index (χ1) is 22.9. The number of anilines is 1. The Morgan fingerprint density at radius 3 is 1.69 bits per heavy atom. The van der Waals surface area contributed by atoms with Crippen molar-refractivity contribution in [2.24, 2.45) is 14.1 Å². The van der Waals surface area contributed by atoms with Gasteiger partial charge in [-0.15, -0.1) is 11.3 Å². The highest BCUT2D eigenvalue weighted by Gasteiger charge is 2.19. The van der Waals surface area contributed by atoms with E-state index >= 15 is 0 Å². The lowest BCUT2D eigenvalue weighted by Crippen LogP contribution is -2.08. The van der Waals surface area contributed by atoms with Crippen molar-refractivity contribution in [1.82, 2.24) is 69.5 Å². The van der Waals surface area contributed by atoms with Crippen LogP contribution in [0.15, 0.2) is 72.1 Å². The zero-order valence-electron chi connectivity index (χ0n) is 25.4. The summed E-state index contributed by atoms with van der Waals surface area (Å²) in [7, 11) is 3.53. The van der Waals surface area contributed by atoms with Crippen molar-refractivity contribution < 1.29 is 9.47 Å². The van der Waals surface area contributed by atoms with Gasteiger partial charge in [0, 0.05) is 19.5 Å². The van der Waals surface area contributed by atoms with Gasteiger partial charge in [-0.25, -0.2) is 28.5 Å². The van der Waals surface area contributed by atoms with Gasteiger partial charge in [-0.3, -0.25) is 0 Å². The number of para-hydroxylation sites is 4. The number of benzene rings is 2. The minimum absolute atomic E-state index is 0. The molecule has 0 unspecified atom stereocenters. The molecule has 8 aromatic rings. The Balaban J connectivity index is 0.000000164. The van der Waals surface area contributed by atoms with Crippen molar-refractivity contribution in [2.45, 2.75) is 27.6 Å². The summed E-state index contributed by atoms with van der Waals surface area (Å²) in [5.41, 5.74) is 10.6.